The molecule has 1 aliphatic carbocycles. The van der Waals surface area contributed by atoms with E-state index in [2.05, 4.69) is 60.4 Å². The van der Waals surface area contributed by atoms with Gasteiger partial charge in [0.15, 0.2) is 8.32 Å². The Morgan fingerprint density at radius 3 is 2.04 bits per heavy atom. The molecule has 5 heteroatoms. The molecule has 1 aliphatic rings. The van der Waals surface area contributed by atoms with Gasteiger partial charge >= 0.3 is 5.97 Å². The summed E-state index contributed by atoms with van der Waals surface area (Å²) in [6, 6.07) is 0. The van der Waals surface area contributed by atoms with Crippen molar-refractivity contribution in [2.24, 2.45) is 5.92 Å². The summed E-state index contributed by atoms with van der Waals surface area (Å²) in [4.78, 5) is 12.6. The fourth-order valence-electron chi connectivity index (χ4n) is 2.84. The molecule has 0 amide bonds. The molecule has 134 valence electrons. The number of ether oxygens (including phenoxy) is 1. The van der Waals surface area contributed by atoms with Gasteiger partial charge in [-0.2, -0.15) is 0 Å². The summed E-state index contributed by atoms with van der Waals surface area (Å²) in [5.74, 6) is 0.313. The van der Waals surface area contributed by atoms with Crippen molar-refractivity contribution >= 4 is 22.4 Å². The van der Waals surface area contributed by atoms with Gasteiger partial charge in [0, 0.05) is 5.20 Å². The Morgan fingerprint density at radius 2 is 1.70 bits per heavy atom. The highest BCUT2D eigenvalue weighted by molar-refractivity contribution is 6.87. The van der Waals surface area contributed by atoms with Gasteiger partial charge in [-0.25, -0.2) is 4.79 Å². The van der Waals surface area contributed by atoms with E-state index in [0.717, 1.165) is 11.6 Å². The lowest BCUT2D eigenvalue weighted by Gasteiger charge is -2.47. The smallest absolute Gasteiger partial charge is 0.329 e. The molecule has 0 aromatic carbocycles. The van der Waals surface area contributed by atoms with Crippen LogP contribution in [-0.4, -0.2) is 35.1 Å². The zero-order valence-corrected chi connectivity index (χ0v) is 18.8. The van der Waals surface area contributed by atoms with E-state index in [-0.39, 0.29) is 17.1 Å². The van der Waals surface area contributed by atoms with E-state index in [1.165, 1.54) is 5.57 Å². The summed E-state index contributed by atoms with van der Waals surface area (Å²) in [6.45, 7) is 22.5. The largest absolute Gasteiger partial charge is 0.463 e. The lowest BCUT2D eigenvalue weighted by atomic mass is 9.77. The highest BCUT2D eigenvalue weighted by Crippen LogP contribution is 2.46. The highest BCUT2D eigenvalue weighted by atomic mass is 28.4. The van der Waals surface area contributed by atoms with Crippen LogP contribution in [0.1, 0.15) is 41.0 Å². The summed E-state index contributed by atoms with van der Waals surface area (Å²) < 4.78 is 12.0. The molecule has 0 bridgehead atoms. The molecule has 0 heterocycles. The second kappa shape index (κ2) is 6.84. The zero-order valence-electron chi connectivity index (χ0n) is 16.8. The van der Waals surface area contributed by atoms with Gasteiger partial charge in [-0.3, -0.25) is 0 Å². The van der Waals surface area contributed by atoms with Gasteiger partial charge in [0.25, 0.3) is 0 Å². The van der Waals surface area contributed by atoms with Gasteiger partial charge in [0.2, 0.25) is 0 Å². The van der Waals surface area contributed by atoms with Crippen LogP contribution in [0.25, 0.3) is 0 Å². The Morgan fingerprint density at radius 1 is 1.17 bits per heavy atom. The van der Waals surface area contributed by atoms with Crippen LogP contribution in [0.2, 0.25) is 37.8 Å². The van der Waals surface area contributed by atoms with E-state index in [1.54, 1.807) is 0 Å². The van der Waals surface area contributed by atoms with Crippen molar-refractivity contribution in [1.82, 2.24) is 0 Å². The van der Waals surface area contributed by atoms with Crippen LogP contribution in [-0.2, 0) is 14.0 Å². The Balaban J connectivity index is 3.21. The number of hydrogen-bond donors (Lipinski definition) is 0. The Kier molecular flexibility index (Phi) is 6.14. The Labute approximate surface area is 145 Å². The third-order valence-electron chi connectivity index (χ3n) is 5.21. The minimum Gasteiger partial charge on any atom is -0.463 e. The van der Waals surface area contributed by atoms with E-state index in [1.807, 2.05) is 6.92 Å². The maximum atomic E-state index is 12.6. The maximum absolute atomic E-state index is 12.6. The maximum Gasteiger partial charge on any atom is 0.329 e. The average Bonchev–Trinajstić information content (AvgIpc) is 2.32. The molecule has 0 aromatic heterocycles. The van der Waals surface area contributed by atoms with Crippen LogP contribution in [0.5, 0.6) is 0 Å². The molecule has 1 fully saturated rings. The third kappa shape index (κ3) is 4.57. The molecule has 0 unspecified atom stereocenters. The predicted octanol–water partition coefficient (Wildman–Crippen LogP) is 5.15. The molecule has 0 aliphatic heterocycles. The summed E-state index contributed by atoms with van der Waals surface area (Å²) >= 11 is 0. The standard InChI is InChI=1S/C18H36O3Si2/c1-11-20-17(19)16(22(6,7)8)15-13(2)12-14(15)21-23(9,10)18(3,4)5/h13-14H,11-12H2,1-10H3/b16-15+/t13-,14-/m1/s1. The van der Waals surface area contributed by atoms with Gasteiger partial charge in [-0.1, -0.05) is 47.3 Å². The van der Waals surface area contributed by atoms with Crippen molar-refractivity contribution in [2.75, 3.05) is 6.61 Å². The Bertz CT molecular complexity index is 481. The van der Waals surface area contributed by atoms with Crippen LogP contribution in [0, 0.1) is 5.92 Å². The van der Waals surface area contributed by atoms with Crippen molar-refractivity contribution < 1.29 is 14.0 Å². The van der Waals surface area contributed by atoms with Gasteiger partial charge in [0.05, 0.1) is 20.8 Å². The lowest BCUT2D eigenvalue weighted by molar-refractivity contribution is -0.138. The fourth-order valence-corrected chi connectivity index (χ4v) is 6.09. The van der Waals surface area contributed by atoms with Crippen LogP contribution >= 0.6 is 0 Å². The van der Waals surface area contributed by atoms with Crippen molar-refractivity contribution in [1.29, 1.82) is 0 Å². The van der Waals surface area contributed by atoms with Crippen LogP contribution in [0.3, 0.4) is 0 Å². The molecule has 0 spiro atoms. The Hall–Kier alpha value is -0.396. The van der Waals surface area contributed by atoms with E-state index in [4.69, 9.17) is 9.16 Å². The van der Waals surface area contributed by atoms with Crippen molar-refractivity contribution in [2.45, 2.75) is 84.9 Å². The molecule has 0 saturated heterocycles. The first-order valence-corrected chi connectivity index (χ1v) is 15.2. The van der Waals surface area contributed by atoms with E-state index in [0.29, 0.717) is 12.5 Å². The topological polar surface area (TPSA) is 35.5 Å². The van der Waals surface area contributed by atoms with E-state index >= 15 is 0 Å². The molecule has 1 rings (SSSR count). The van der Waals surface area contributed by atoms with Gasteiger partial charge in [-0.05, 0) is 43.0 Å². The first kappa shape index (κ1) is 20.6. The molecule has 0 N–H and O–H groups in total. The van der Waals surface area contributed by atoms with Crippen molar-refractivity contribution in [3.63, 3.8) is 0 Å². The molecular formula is C18H36O3Si2. The molecular weight excluding hydrogens is 320 g/mol. The summed E-state index contributed by atoms with van der Waals surface area (Å²) in [7, 11) is -3.62. The quantitative estimate of drug-likeness (QED) is 0.388. The van der Waals surface area contributed by atoms with Crippen molar-refractivity contribution in [3.8, 4) is 0 Å². The average molecular weight is 357 g/mol. The van der Waals surface area contributed by atoms with Crippen molar-refractivity contribution in [3.05, 3.63) is 10.8 Å². The molecule has 3 nitrogen and oxygen atoms in total. The molecule has 23 heavy (non-hydrogen) atoms. The van der Waals surface area contributed by atoms with E-state index in [9.17, 15) is 4.79 Å². The first-order chi connectivity index (χ1) is 10.2. The zero-order chi connectivity index (χ0) is 18.2. The molecule has 1 saturated carbocycles. The second-order valence-electron chi connectivity index (χ2n) is 9.30. The SMILES string of the molecule is CCOC(=O)/C(=C1/[C@H](C)C[C@H]1O[Si](C)(C)C(C)(C)C)[Si](C)(C)C. The monoisotopic (exact) mass is 356 g/mol. The minimum absolute atomic E-state index is 0.108. The first-order valence-electron chi connectivity index (χ1n) is 8.82. The van der Waals surface area contributed by atoms with E-state index < -0.39 is 16.4 Å². The molecule has 2 atom stereocenters. The van der Waals surface area contributed by atoms with Gasteiger partial charge in [0.1, 0.15) is 0 Å². The third-order valence-corrected chi connectivity index (χ3v) is 11.7. The predicted molar refractivity (Wildman–Crippen MR) is 103 cm³/mol. The normalized spacial score (nSPS) is 25.0. The summed E-state index contributed by atoms with van der Waals surface area (Å²) in [5.41, 5.74) is 1.23. The minimum atomic E-state index is -1.84. The number of carbonyl (C=O) groups excluding carboxylic acids is 1. The van der Waals surface area contributed by atoms with Gasteiger partial charge in [-0.15, -0.1) is 0 Å². The number of rotatable bonds is 5. The molecule has 0 aromatic rings. The number of carbonyl (C=O) groups is 1. The van der Waals surface area contributed by atoms with Crippen LogP contribution < -0.4 is 0 Å². The number of hydrogen-bond acceptors (Lipinski definition) is 3. The highest BCUT2D eigenvalue weighted by Gasteiger charge is 2.46. The number of esters is 1. The van der Waals surface area contributed by atoms with Crippen LogP contribution in [0.15, 0.2) is 10.8 Å². The van der Waals surface area contributed by atoms with Gasteiger partial charge < -0.3 is 9.16 Å². The summed E-state index contributed by atoms with van der Waals surface area (Å²) in [5, 5.41) is 1.14. The lowest BCUT2D eigenvalue weighted by Crippen LogP contribution is -2.50. The summed E-state index contributed by atoms with van der Waals surface area (Å²) in [6.07, 6.45) is 1.13. The van der Waals surface area contributed by atoms with Crippen LogP contribution in [0.4, 0.5) is 0 Å². The fraction of sp³-hybridized carbons (Fsp3) is 0.833. The second-order valence-corrected chi connectivity index (χ2v) is 19.1. The molecule has 0 radical (unpaired) electrons.